The lowest BCUT2D eigenvalue weighted by molar-refractivity contribution is 0.00404. The van der Waals surface area contributed by atoms with Crippen LogP contribution in [0.25, 0.3) is 0 Å². The molecule has 122 valence electrons. The topological polar surface area (TPSA) is 61.8 Å². The highest BCUT2D eigenvalue weighted by atomic mass is 16.6. The highest BCUT2D eigenvalue weighted by Gasteiger charge is 2.34. The molecule has 1 amide bonds. The maximum Gasteiger partial charge on any atom is 0.410 e. The minimum absolute atomic E-state index is 0.0898. The molecule has 5 nitrogen and oxygen atoms in total. The summed E-state index contributed by atoms with van der Waals surface area (Å²) in [5.74, 6) is 0.310. The van der Waals surface area contributed by atoms with E-state index in [4.69, 9.17) is 4.74 Å². The number of hydrogen-bond donors (Lipinski definition) is 2. The molecule has 2 rings (SSSR count). The minimum Gasteiger partial charge on any atom is -0.508 e. The van der Waals surface area contributed by atoms with Crippen LogP contribution < -0.4 is 5.32 Å². The van der Waals surface area contributed by atoms with E-state index < -0.39 is 5.60 Å². The number of benzene rings is 1. The van der Waals surface area contributed by atoms with E-state index in [2.05, 4.69) is 12.2 Å². The Labute approximate surface area is 132 Å². The highest BCUT2D eigenvalue weighted by molar-refractivity contribution is 5.69. The first-order valence-corrected chi connectivity index (χ1v) is 7.82. The van der Waals surface area contributed by atoms with Crippen LogP contribution >= 0.6 is 0 Å². The molecule has 1 atom stereocenters. The fourth-order valence-corrected chi connectivity index (χ4v) is 2.55. The molecule has 1 fully saturated rings. The van der Waals surface area contributed by atoms with E-state index in [0.29, 0.717) is 18.8 Å². The lowest BCUT2D eigenvalue weighted by atomic mass is 10.0. The molecule has 1 unspecified atom stereocenters. The van der Waals surface area contributed by atoms with Crippen LogP contribution in [0.2, 0.25) is 0 Å². The average Bonchev–Trinajstić information content (AvgIpc) is 2.36. The van der Waals surface area contributed by atoms with Gasteiger partial charge in [-0.2, -0.15) is 0 Å². The van der Waals surface area contributed by atoms with Gasteiger partial charge in [-0.15, -0.1) is 0 Å². The second-order valence-electron chi connectivity index (χ2n) is 6.77. The van der Waals surface area contributed by atoms with Gasteiger partial charge < -0.3 is 20.1 Å². The van der Waals surface area contributed by atoms with Crippen molar-refractivity contribution in [1.82, 2.24) is 10.2 Å². The zero-order valence-corrected chi connectivity index (χ0v) is 13.8. The molecule has 1 saturated heterocycles. The Kier molecular flexibility index (Phi) is 4.96. The lowest BCUT2D eigenvalue weighted by Crippen LogP contribution is -2.61. The Bertz CT molecular complexity index is 519. The van der Waals surface area contributed by atoms with Crippen LogP contribution in [0.15, 0.2) is 24.3 Å². The monoisotopic (exact) mass is 306 g/mol. The van der Waals surface area contributed by atoms with Crippen LogP contribution in [-0.2, 0) is 4.74 Å². The van der Waals surface area contributed by atoms with Crippen molar-refractivity contribution in [3.8, 4) is 5.75 Å². The molecule has 0 radical (unpaired) electrons. The van der Waals surface area contributed by atoms with E-state index in [-0.39, 0.29) is 18.2 Å². The zero-order chi connectivity index (χ0) is 16.3. The van der Waals surface area contributed by atoms with Gasteiger partial charge in [0.05, 0.1) is 0 Å². The molecule has 1 aliphatic heterocycles. The van der Waals surface area contributed by atoms with E-state index in [9.17, 15) is 9.90 Å². The number of nitrogens with one attached hydrogen (secondary N) is 1. The lowest BCUT2D eigenvalue weighted by Gasteiger charge is -2.41. The first-order valence-electron chi connectivity index (χ1n) is 7.82. The van der Waals surface area contributed by atoms with Crippen molar-refractivity contribution in [3.63, 3.8) is 0 Å². The molecule has 0 aliphatic carbocycles. The van der Waals surface area contributed by atoms with Crippen LogP contribution in [0.5, 0.6) is 5.75 Å². The van der Waals surface area contributed by atoms with Crippen LogP contribution in [0.3, 0.4) is 0 Å². The zero-order valence-electron chi connectivity index (χ0n) is 13.8. The van der Waals surface area contributed by atoms with Crippen molar-refractivity contribution in [1.29, 1.82) is 0 Å². The van der Waals surface area contributed by atoms with Gasteiger partial charge in [-0.1, -0.05) is 25.1 Å². The van der Waals surface area contributed by atoms with Gasteiger partial charge in [-0.05, 0) is 33.3 Å². The third-order valence-electron chi connectivity index (χ3n) is 3.69. The third-order valence-corrected chi connectivity index (χ3v) is 3.69. The van der Waals surface area contributed by atoms with Gasteiger partial charge in [0.15, 0.2) is 0 Å². The van der Waals surface area contributed by atoms with Gasteiger partial charge >= 0.3 is 6.09 Å². The number of aromatic hydroxyl groups is 1. The summed E-state index contributed by atoms with van der Waals surface area (Å²) in [5.41, 5.74) is 0.443. The van der Waals surface area contributed by atoms with E-state index in [1.165, 1.54) is 0 Å². The number of carbonyl (C=O) groups excluding carboxylic acids is 1. The first kappa shape index (κ1) is 16.6. The smallest absolute Gasteiger partial charge is 0.410 e. The molecule has 22 heavy (non-hydrogen) atoms. The molecule has 0 aromatic heterocycles. The Morgan fingerprint density at radius 1 is 1.41 bits per heavy atom. The highest BCUT2D eigenvalue weighted by Crippen LogP contribution is 2.27. The predicted octanol–water partition coefficient (Wildman–Crippen LogP) is 3.05. The summed E-state index contributed by atoms with van der Waals surface area (Å²) in [7, 11) is 0. The Morgan fingerprint density at radius 3 is 2.59 bits per heavy atom. The molecule has 1 heterocycles. The average molecular weight is 306 g/mol. The number of hydrogen-bond acceptors (Lipinski definition) is 4. The normalized spacial score (nSPS) is 17.0. The fourth-order valence-electron chi connectivity index (χ4n) is 2.55. The molecule has 1 aromatic carbocycles. The minimum atomic E-state index is -0.461. The molecule has 5 heteroatoms. The molecule has 0 saturated carbocycles. The molecule has 1 aliphatic rings. The van der Waals surface area contributed by atoms with Crippen molar-refractivity contribution in [2.75, 3.05) is 13.1 Å². The summed E-state index contributed by atoms with van der Waals surface area (Å²) in [5, 5.41) is 13.5. The Morgan fingerprint density at radius 2 is 2.05 bits per heavy atom. The summed E-state index contributed by atoms with van der Waals surface area (Å²) < 4.78 is 5.34. The Balaban J connectivity index is 1.86. The van der Waals surface area contributed by atoms with Gasteiger partial charge in [0.25, 0.3) is 0 Å². The number of phenolic OH excluding ortho intramolecular Hbond substituents is 1. The molecule has 0 spiro atoms. The van der Waals surface area contributed by atoms with Gasteiger partial charge in [-0.25, -0.2) is 4.79 Å². The van der Waals surface area contributed by atoms with Crippen LogP contribution in [0.1, 0.15) is 45.7 Å². The molecule has 2 N–H and O–H groups in total. The van der Waals surface area contributed by atoms with E-state index in [0.717, 1.165) is 12.0 Å². The second-order valence-corrected chi connectivity index (χ2v) is 6.77. The van der Waals surface area contributed by atoms with E-state index in [1.54, 1.807) is 11.0 Å². The summed E-state index contributed by atoms with van der Waals surface area (Å²) >= 11 is 0. The molecule has 0 bridgehead atoms. The number of likely N-dealkylation sites (tertiary alicyclic amines) is 1. The van der Waals surface area contributed by atoms with Gasteiger partial charge in [0.2, 0.25) is 0 Å². The standard InChI is InChI=1S/C17H26N2O3/c1-5-14(13-8-6-7-9-15(13)20)18-12-10-19(11-12)16(21)22-17(2,3)4/h6-9,12,14,18,20H,5,10-11H2,1-4H3. The van der Waals surface area contributed by atoms with E-state index >= 15 is 0 Å². The maximum atomic E-state index is 11.9. The quantitative estimate of drug-likeness (QED) is 0.897. The summed E-state index contributed by atoms with van der Waals surface area (Å²) in [6.07, 6.45) is 0.613. The molecule has 1 aromatic rings. The van der Waals surface area contributed by atoms with Crippen molar-refractivity contribution in [3.05, 3.63) is 29.8 Å². The predicted molar refractivity (Wildman–Crippen MR) is 85.9 cm³/mol. The van der Waals surface area contributed by atoms with Crippen LogP contribution in [0, 0.1) is 0 Å². The van der Waals surface area contributed by atoms with E-state index in [1.807, 2.05) is 39.0 Å². The van der Waals surface area contributed by atoms with Crippen molar-refractivity contribution in [2.24, 2.45) is 0 Å². The van der Waals surface area contributed by atoms with Crippen molar-refractivity contribution >= 4 is 6.09 Å². The number of ether oxygens (including phenoxy) is 1. The molecular weight excluding hydrogens is 280 g/mol. The van der Waals surface area contributed by atoms with Crippen LogP contribution in [-0.4, -0.2) is 40.8 Å². The van der Waals surface area contributed by atoms with Crippen LogP contribution in [0.4, 0.5) is 4.79 Å². The third kappa shape index (κ3) is 4.13. The largest absolute Gasteiger partial charge is 0.508 e. The van der Waals surface area contributed by atoms with Gasteiger partial charge in [-0.3, -0.25) is 0 Å². The van der Waals surface area contributed by atoms with Crippen molar-refractivity contribution < 1.29 is 14.6 Å². The number of carbonyl (C=O) groups is 1. The Hall–Kier alpha value is -1.75. The number of para-hydroxylation sites is 1. The maximum absolute atomic E-state index is 11.9. The first-order chi connectivity index (χ1) is 10.3. The van der Waals surface area contributed by atoms with Crippen molar-refractivity contribution in [2.45, 2.75) is 51.8 Å². The number of phenols is 1. The fraction of sp³-hybridized carbons (Fsp3) is 0.588. The number of amides is 1. The van der Waals surface area contributed by atoms with Gasteiger partial charge in [0.1, 0.15) is 11.4 Å². The van der Waals surface area contributed by atoms with Gasteiger partial charge in [0, 0.05) is 30.7 Å². The number of nitrogens with zero attached hydrogens (tertiary/aromatic N) is 1. The summed E-state index contributed by atoms with van der Waals surface area (Å²) in [6, 6.07) is 7.70. The SMILES string of the molecule is CCC(NC1CN(C(=O)OC(C)(C)C)C1)c1ccccc1O. The second kappa shape index (κ2) is 6.57. The summed E-state index contributed by atoms with van der Waals surface area (Å²) in [4.78, 5) is 13.6. The molecular formula is C17H26N2O3. The summed E-state index contributed by atoms with van der Waals surface area (Å²) in [6.45, 7) is 8.95. The number of rotatable bonds is 4.